The highest BCUT2D eigenvalue weighted by molar-refractivity contribution is 6.36. The summed E-state index contributed by atoms with van der Waals surface area (Å²) in [5.74, 6) is -2.87. The molecule has 4 N–H and O–H groups in total. The molecule has 0 aromatic rings. The van der Waals surface area contributed by atoms with Crippen molar-refractivity contribution in [2.45, 2.75) is 40.2 Å². The van der Waals surface area contributed by atoms with Crippen molar-refractivity contribution in [2.75, 3.05) is 19.7 Å². The molecule has 0 heterocycles. The van der Waals surface area contributed by atoms with Gasteiger partial charge in [0.2, 0.25) is 11.7 Å². The number of hydrogen-bond donors (Lipinski definition) is 4. The summed E-state index contributed by atoms with van der Waals surface area (Å²) < 4.78 is 13.4. The normalized spacial score (nSPS) is 14.0. The lowest BCUT2D eigenvalue weighted by Gasteiger charge is -2.27. The Bertz CT molecular complexity index is 555. The second-order valence-electron chi connectivity index (χ2n) is 6.15. The first-order chi connectivity index (χ1) is 11.6. The minimum atomic E-state index is -1.44. The highest BCUT2D eigenvalue weighted by Gasteiger charge is 2.32. The van der Waals surface area contributed by atoms with Gasteiger partial charge in [0.1, 0.15) is 11.9 Å². The molecule has 2 amide bonds. The number of carbonyl (C=O) groups excluding carboxylic acids is 3. The number of ketones is 1. The fraction of sp³-hybridized carbons (Fsp3) is 0.588. The van der Waals surface area contributed by atoms with Gasteiger partial charge in [-0.05, 0) is 13.8 Å². The maximum absolute atomic E-state index is 13.4. The van der Waals surface area contributed by atoms with Crippen molar-refractivity contribution in [3.63, 3.8) is 0 Å². The van der Waals surface area contributed by atoms with Crippen molar-refractivity contribution in [1.29, 1.82) is 0 Å². The van der Waals surface area contributed by atoms with Crippen LogP contribution in [0.4, 0.5) is 4.39 Å². The molecule has 0 spiro atoms. The topological polar surface area (TPSA) is 116 Å². The maximum Gasteiger partial charge on any atom is 0.287 e. The number of aliphatic hydroxyl groups excluding tert-OH is 2. The zero-order valence-electron chi connectivity index (χ0n) is 15.1. The Hall–Kier alpha value is -2.06. The van der Waals surface area contributed by atoms with Crippen LogP contribution in [0.2, 0.25) is 0 Å². The van der Waals surface area contributed by atoms with Crippen LogP contribution < -0.4 is 10.6 Å². The molecular weight excluding hydrogens is 331 g/mol. The predicted octanol–water partition coefficient (Wildman–Crippen LogP) is 0.377. The van der Waals surface area contributed by atoms with Crippen LogP contribution in [0, 0.1) is 5.41 Å². The van der Waals surface area contributed by atoms with Gasteiger partial charge in [-0.15, -0.1) is 0 Å². The average molecular weight is 358 g/mol. The highest BCUT2D eigenvalue weighted by atomic mass is 19.1. The van der Waals surface area contributed by atoms with E-state index in [0.29, 0.717) is 0 Å². The molecule has 0 aliphatic heterocycles. The number of rotatable bonds is 10. The lowest BCUT2D eigenvalue weighted by molar-refractivity contribution is -0.139. The van der Waals surface area contributed by atoms with Gasteiger partial charge in [0.15, 0.2) is 0 Å². The van der Waals surface area contributed by atoms with Gasteiger partial charge >= 0.3 is 0 Å². The number of allylic oxidation sites excluding steroid dienone is 2. The molecule has 142 valence electrons. The van der Waals surface area contributed by atoms with E-state index in [4.69, 9.17) is 5.11 Å². The van der Waals surface area contributed by atoms with Crippen LogP contribution in [0.3, 0.4) is 0 Å². The second-order valence-corrected chi connectivity index (χ2v) is 6.15. The summed E-state index contributed by atoms with van der Waals surface area (Å²) in [4.78, 5) is 35.1. The minimum absolute atomic E-state index is 0.118. The third kappa shape index (κ3) is 7.57. The Kier molecular flexibility index (Phi) is 9.85. The van der Waals surface area contributed by atoms with E-state index in [1.807, 2.05) is 0 Å². The van der Waals surface area contributed by atoms with Gasteiger partial charge in [-0.25, -0.2) is 4.39 Å². The summed E-state index contributed by atoms with van der Waals surface area (Å²) in [6.07, 6.45) is 1.03. The lowest BCUT2D eigenvalue weighted by Crippen LogP contribution is -2.46. The Morgan fingerprint density at radius 2 is 1.76 bits per heavy atom. The first-order valence-electron chi connectivity index (χ1n) is 7.95. The molecule has 0 aromatic carbocycles. The number of hydrogen-bond acceptors (Lipinski definition) is 5. The molecule has 7 nitrogen and oxygen atoms in total. The molecule has 0 fully saturated rings. The van der Waals surface area contributed by atoms with Crippen LogP contribution in [0.25, 0.3) is 0 Å². The van der Waals surface area contributed by atoms with Crippen LogP contribution >= 0.6 is 0 Å². The zero-order valence-corrected chi connectivity index (χ0v) is 15.1. The van der Waals surface area contributed by atoms with E-state index in [-0.39, 0.29) is 31.7 Å². The number of Topliss-reactive ketones (excluding diaryl/α,β-unsaturated/α-hetero) is 1. The summed E-state index contributed by atoms with van der Waals surface area (Å²) in [5, 5.41) is 23.5. The smallest absolute Gasteiger partial charge is 0.287 e. The Morgan fingerprint density at radius 3 is 2.24 bits per heavy atom. The van der Waals surface area contributed by atoms with Crippen molar-refractivity contribution in [2.24, 2.45) is 5.41 Å². The van der Waals surface area contributed by atoms with E-state index < -0.39 is 34.9 Å². The quantitative estimate of drug-likeness (QED) is 0.333. The number of nitrogens with one attached hydrogen (secondary N) is 2. The average Bonchev–Trinajstić information content (AvgIpc) is 2.60. The molecular formula is C17H27FN2O5. The molecule has 8 heteroatoms. The fourth-order valence-corrected chi connectivity index (χ4v) is 1.73. The predicted molar refractivity (Wildman–Crippen MR) is 91.1 cm³/mol. The molecule has 0 aliphatic carbocycles. The SMILES string of the molecule is CC=C(F)C(=CC)CNC(=O)C(=O)CCNC(=O)C(O)C(C)(C)CO. The molecule has 0 rings (SSSR count). The van der Waals surface area contributed by atoms with E-state index in [2.05, 4.69) is 10.6 Å². The summed E-state index contributed by atoms with van der Waals surface area (Å²) in [7, 11) is 0. The van der Waals surface area contributed by atoms with Crippen molar-refractivity contribution in [3.05, 3.63) is 23.6 Å². The summed E-state index contributed by atoms with van der Waals surface area (Å²) >= 11 is 0. The molecule has 0 aliphatic rings. The van der Waals surface area contributed by atoms with Gasteiger partial charge in [0.25, 0.3) is 5.91 Å². The van der Waals surface area contributed by atoms with Crippen molar-refractivity contribution >= 4 is 17.6 Å². The van der Waals surface area contributed by atoms with Gasteiger partial charge < -0.3 is 20.8 Å². The number of amides is 2. The molecule has 0 saturated heterocycles. The molecule has 0 bridgehead atoms. The van der Waals surface area contributed by atoms with Crippen LogP contribution in [-0.2, 0) is 14.4 Å². The molecule has 0 saturated carbocycles. The number of carbonyl (C=O) groups is 3. The Morgan fingerprint density at radius 1 is 1.16 bits per heavy atom. The molecule has 1 unspecified atom stereocenters. The monoisotopic (exact) mass is 358 g/mol. The van der Waals surface area contributed by atoms with Crippen LogP contribution in [0.15, 0.2) is 23.6 Å². The molecule has 1 atom stereocenters. The largest absolute Gasteiger partial charge is 0.396 e. The van der Waals surface area contributed by atoms with Gasteiger partial charge in [-0.3, -0.25) is 14.4 Å². The van der Waals surface area contributed by atoms with Crippen LogP contribution in [0.1, 0.15) is 34.1 Å². The molecule has 0 radical (unpaired) electrons. The molecule has 0 aromatic heterocycles. The first-order valence-corrected chi connectivity index (χ1v) is 7.95. The summed E-state index contributed by atoms with van der Waals surface area (Å²) in [6, 6.07) is 0. The van der Waals surface area contributed by atoms with Gasteiger partial charge in [0, 0.05) is 30.5 Å². The van der Waals surface area contributed by atoms with Crippen LogP contribution in [0.5, 0.6) is 0 Å². The van der Waals surface area contributed by atoms with E-state index in [9.17, 15) is 23.9 Å². The van der Waals surface area contributed by atoms with Crippen molar-refractivity contribution < 1.29 is 29.0 Å². The van der Waals surface area contributed by atoms with E-state index in [1.54, 1.807) is 6.92 Å². The summed E-state index contributed by atoms with van der Waals surface area (Å²) in [6.45, 7) is 5.51. The lowest BCUT2D eigenvalue weighted by atomic mass is 9.87. The third-order valence-corrected chi connectivity index (χ3v) is 3.65. The Balaban J connectivity index is 4.35. The van der Waals surface area contributed by atoms with Crippen LogP contribution in [-0.4, -0.2) is 53.6 Å². The Labute approximate surface area is 147 Å². The third-order valence-electron chi connectivity index (χ3n) is 3.65. The number of halogens is 1. The number of aliphatic hydroxyl groups is 2. The molecule has 25 heavy (non-hydrogen) atoms. The van der Waals surface area contributed by atoms with Crippen molar-refractivity contribution in [3.8, 4) is 0 Å². The second kappa shape index (κ2) is 10.7. The fourth-order valence-electron chi connectivity index (χ4n) is 1.73. The minimum Gasteiger partial charge on any atom is -0.396 e. The standard InChI is InChI=1S/C17H27FN2O5/c1-5-11(12(18)6-2)9-20-15(24)13(22)7-8-19-16(25)14(23)17(3,4)10-21/h5-6,14,21,23H,7-10H2,1-4H3,(H,19,25)(H,20,24). The zero-order chi connectivity index (χ0) is 19.6. The first kappa shape index (κ1) is 22.9. The van der Waals surface area contributed by atoms with Gasteiger partial charge in [0.05, 0.1) is 6.61 Å². The maximum atomic E-state index is 13.4. The van der Waals surface area contributed by atoms with Gasteiger partial charge in [-0.1, -0.05) is 26.0 Å². The van der Waals surface area contributed by atoms with Crippen molar-refractivity contribution in [1.82, 2.24) is 10.6 Å². The van der Waals surface area contributed by atoms with E-state index in [1.165, 1.54) is 32.9 Å². The van der Waals surface area contributed by atoms with E-state index >= 15 is 0 Å². The van der Waals surface area contributed by atoms with E-state index in [0.717, 1.165) is 0 Å². The summed E-state index contributed by atoms with van der Waals surface area (Å²) in [5.41, 5.74) is -0.767. The van der Waals surface area contributed by atoms with Gasteiger partial charge in [-0.2, -0.15) is 0 Å². The highest BCUT2D eigenvalue weighted by Crippen LogP contribution is 2.19.